The van der Waals surface area contributed by atoms with Crippen molar-refractivity contribution in [2.75, 3.05) is 0 Å². The summed E-state index contributed by atoms with van der Waals surface area (Å²) in [5.74, 6) is 2.60. The molecule has 0 saturated carbocycles. The molecule has 162 valence electrons. The van der Waals surface area contributed by atoms with E-state index in [9.17, 15) is 0 Å². The molecular formula is C30H21N3O. The summed E-state index contributed by atoms with van der Waals surface area (Å²) in [6.07, 6.45) is 5.69. The summed E-state index contributed by atoms with van der Waals surface area (Å²) in [7, 11) is 0. The predicted octanol–water partition coefficient (Wildman–Crippen LogP) is 7.13. The van der Waals surface area contributed by atoms with E-state index in [4.69, 9.17) is 9.72 Å². The van der Waals surface area contributed by atoms with Gasteiger partial charge in [0.1, 0.15) is 17.3 Å². The van der Waals surface area contributed by atoms with E-state index in [1.165, 1.54) is 27.4 Å². The molecule has 34 heavy (non-hydrogen) atoms. The average Bonchev–Trinajstić information content (AvgIpc) is 3.11. The number of hydrogen-bond acceptors (Lipinski definition) is 3. The highest BCUT2D eigenvalue weighted by atomic mass is 16.5. The first-order valence-corrected chi connectivity index (χ1v) is 11.5. The minimum absolute atomic E-state index is 0.786. The van der Waals surface area contributed by atoms with Crippen molar-refractivity contribution in [1.29, 1.82) is 0 Å². The lowest BCUT2D eigenvalue weighted by Gasteiger charge is -2.11. The van der Waals surface area contributed by atoms with Crippen LogP contribution in [0.25, 0.3) is 38.9 Å². The molecule has 4 heterocycles. The van der Waals surface area contributed by atoms with Crippen molar-refractivity contribution in [2.45, 2.75) is 12.8 Å². The molecule has 0 N–H and O–H groups in total. The maximum atomic E-state index is 6.35. The van der Waals surface area contributed by atoms with Gasteiger partial charge >= 0.3 is 0 Å². The highest BCUT2D eigenvalue weighted by Gasteiger charge is 2.21. The Hall–Kier alpha value is -4.44. The van der Waals surface area contributed by atoms with Crippen molar-refractivity contribution in [3.8, 4) is 28.6 Å². The summed E-state index contributed by atoms with van der Waals surface area (Å²) in [6.45, 7) is 0. The van der Waals surface area contributed by atoms with Crippen molar-refractivity contribution in [3.63, 3.8) is 0 Å². The number of nitrogens with zero attached hydrogens (tertiary/aromatic N) is 3. The first-order valence-electron chi connectivity index (χ1n) is 11.5. The SMILES string of the molecule is c1ccc(-c2cccc(Oc3ccc4c5cccc6c5n(c4c3)-c3ncccc3CC6)c2)nc1. The summed E-state index contributed by atoms with van der Waals surface area (Å²) in [5.41, 5.74) is 6.95. The lowest BCUT2D eigenvalue weighted by Crippen LogP contribution is -2.00. The monoisotopic (exact) mass is 439 g/mol. The quantitative estimate of drug-likeness (QED) is 0.294. The molecule has 3 aromatic heterocycles. The van der Waals surface area contributed by atoms with E-state index < -0.39 is 0 Å². The molecule has 7 rings (SSSR count). The number of hydrogen-bond donors (Lipinski definition) is 0. The molecule has 0 amide bonds. The molecule has 1 aliphatic rings. The van der Waals surface area contributed by atoms with E-state index in [0.29, 0.717) is 0 Å². The van der Waals surface area contributed by atoms with Gasteiger partial charge in [0.15, 0.2) is 0 Å². The Morgan fingerprint density at radius 2 is 1.50 bits per heavy atom. The lowest BCUT2D eigenvalue weighted by atomic mass is 10.0. The van der Waals surface area contributed by atoms with Crippen LogP contribution in [0.1, 0.15) is 11.1 Å². The van der Waals surface area contributed by atoms with Crippen LogP contribution in [0.15, 0.2) is 103 Å². The van der Waals surface area contributed by atoms with Gasteiger partial charge in [0.05, 0.1) is 16.7 Å². The number of fused-ring (bicyclic) bond motifs is 5. The normalized spacial score (nSPS) is 12.5. The van der Waals surface area contributed by atoms with Crippen molar-refractivity contribution >= 4 is 21.8 Å². The van der Waals surface area contributed by atoms with E-state index in [0.717, 1.165) is 46.9 Å². The number of ether oxygens (including phenoxy) is 1. The number of para-hydroxylation sites is 1. The maximum Gasteiger partial charge on any atom is 0.140 e. The second-order valence-electron chi connectivity index (χ2n) is 8.66. The highest BCUT2D eigenvalue weighted by Crippen LogP contribution is 2.39. The molecule has 4 heteroatoms. The molecule has 0 bridgehead atoms. The third kappa shape index (κ3) is 3.00. The van der Waals surface area contributed by atoms with Gasteiger partial charge in [0, 0.05) is 34.8 Å². The van der Waals surface area contributed by atoms with Crippen molar-refractivity contribution < 1.29 is 4.74 Å². The third-order valence-electron chi connectivity index (χ3n) is 6.62. The van der Waals surface area contributed by atoms with Crippen LogP contribution in [0, 0.1) is 0 Å². The van der Waals surface area contributed by atoms with Crippen LogP contribution in [0.4, 0.5) is 0 Å². The Morgan fingerprint density at radius 1 is 0.647 bits per heavy atom. The van der Waals surface area contributed by atoms with Gasteiger partial charge < -0.3 is 4.74 Å². The van der Waals surface area contributed by atoms with Crippen LogP contribution in [-0.4, -0.2) is 14.5 Å². The largest absolute Gasteiger partial charge is 0.457 e. The van der Waals surface area contributed by atoms with Crippen LogP contribution in [-0.2, 0) is 12.8 Å². The molecule has 0 unspecified atom stereocenters. The average molecular weight is 440 g/mol. The molecule has 0 radical (unpaired) electrons. The Kier molecular flexibility index (Phi) is 4.24. The second kappa shape index (κ2) is 7.56. The molecular weight excluding hydrogens is 418 g/mol. The first-order chi connectivity index (χ1) is 16.8. The van der Waals surface area contributed by atoms with Crippen molar-refractivity contribution in [3.05, 3.63) is 115 Å². The van der Waals surface area contributed by atoms with Gasteiger partial charge in [0.25, 0.3) is 0 Å². The highest BCUT2D eigenvalue weighted by molar-refractivity contribution is 6.10. The molecule has 4 nitrogen and oxygen atoms in total. The summed E-state index contributed by atoms with van der Waals surface area (Å²) >= 11 is 0. The van der Waals surface area contributed by atoms with Crippen LogP contribution in [0.2, 0.25) is 0 Å². The summed E-state index contributed by atoms with van der Waals surface area (Å²) in [5, 5.41) is 2.47. The Labute approximate surface area is 197 Å². The Morgan fingerprint density at radius 3 is 2.44 bits per heavy atom. The standard InChI is InChI=1S/C30H21N3O/c1-2-16-31-27(11-1)22-7-3-9-23(18-22)34-24-14-15-25-26-10-4-6-20-12-13-21-8-5-17-32-30(21)33(29(20)26)28(25)19-24/h1-11,14-19H,12-13H2. The molecule has 0 atom stereocenters. The zero-order chi connectivity index (χ0) is 22.5. The van der Waals surface area contributed by atoms with E-state index in [1.807, 2.05) is 54.9 Å². The number of pyridine rings is 2. The molecule has 1 aliphatic heterocycles. The van der Waals surface area contributed by atoms with Crippen LogP contribution >= 0.6 is 0 Å². The minimum atomic E-state index is 0.786. The second-order valence-corrected chi connectivity index (χ2v) is 8.66. The number of aryl methyl sites for hydroxylation is 2. The minimum Gasteiger partial charge on any atom is -0.457 e. The number of aromatic nitrogens is 3. The van der Waals surface area contributed by atoms with Crippen LogP contribution in [0.3, 0.4) is 0 Å². The van der Waals surface area contributed by atoms with Gasteiger partial charge in [-0.05, 0) is 66.4 Å². The fraction of sp³-hybridized carbons (Fsp3) is 0.0667. The molecule has 0 spiro atoms. The van der Waals surface area contributed by atoms with Gasteiger partial charge in [-0.25, -0.2) is 4.98 Å². The van der Waals surface area contributed by atoms with E-state index in [1.54, 1.807) is 0 Å². The predicted molar refractivity (Wildman–Crippen MR) is 136 cm³/mol. The first kappa shape index (κ1) is 19.1. The fourth-order valence-corrected chi connectivity index (χ4v) is 5.09. The molecule has 6 aromatic rings. The van der Waals surface area contributed by atoms with Gasteiger partial charge in [-0.2, -0.15) is 0 Å². The summed E-state index contributed by atoms with van der Waals surface area (Å²) < 4.78 is 8.67. The zero-order valence-electron chi connectivity index (χ0n) is 18.5. The number of rotatable bonds is 3. The number of benzene rings is 3. The summed E-state index contributed by atoms with van der Waals surface area (Å²) in [6, 6.07) is 31.2. The Bertz CT molecular complexity index is 1680. The van der Waals surface area contributed by atoms with E-state index in [-0.39, 0.29) is 0 Å². The van der Waals surface area contributed by atoms with Gasteiger partial charge in [0.2, 0.25) is 0 Å². The fourth-order valence-electron chi connectivity index (χ4n) is 5.09. The molecule has 0 fully saturated rings. The molecule has 0 aliphatic carbocycles. The van der Waals surface area contributed by atoms with Crippen LogP contribution < -0.4 is 4.74 Å². The molecule has 3 aromatic carbocycles. The van der Waals surface area contributed by atoms with E-state index >= 15 is 0 Å². The van der Waals surface area contributed by atoms with Gasteiger partial charge in [-0.3, -0.25) is 9.55 Å². The van der Waals surface area contributed by atoms with E-state index in [2.05, 4.69) is 58.1 Å². The summed E-state index contributed by atoms with van der Waals surface area (Å²) in [4.78, 5) is 9.26. The lowest BCUT2D eigenvalue weighted by molar-refractivity contribution is 0.483. The van der Waals surface area contributed by atoms with Gasteiger partial charge in [-0.1, -0.05) is 42.5 Å². The third-order valence-corrected chi connectivity index (χ3v) is 6.62. The zero-order valence-corrected chi connectivity index (χ0v) is 18.5. The topological polar surface area (TPSA) is 39.9 Å². The molecule has 0 saturated heterocycles. The van der Waals surface area contributed by atoms with Crippen LogP contribution in [0.5, 0.6) is 11.5 Å². The van der Waals surface area contributed by atoms with Crippen molar-refractivity contribution in [1.82, 2.24) is 14.5 Å². The van der Waals surface area contributed by atoms with Gasteiger partial charge in [-0.15, -0.1) is 0 Å². The van der Waals surface area contributed by atoms with Crippen molar-refractivity contribution in [2.24, 2.45) is 0 Å². The smallest absolute Gasteiger partial charge is 0.140 e. The maximum absolute atomic E-state index is 6.35. The Balaban J connectivity index is 1.38.